The topological polar surface area (TPSA) is 74.2 Å². The van der Waals surface area contributed by atoms with E-state index in [4.69, 9.17) is 10.00 Å². The highest BCUT2D eigenvalue weighted by Crippen LogP contribution is 2.31. The third-order valence-electron chi connectivity index (χ3n) is 3.30. The second kappa shape index (κ2) is 5.29. The Bertz CT molecular complexity index is 541. The van der Waals surface area contributed by atoms with E-state index in [1.807, 2.05) is 20.8 Å². The minimum atomic E-state index is -0.239. The van der Waals surface area contributed by atoms with Crippen molar-refractivity contribution in [2.75, 3.05) is 25.0 Å². The normalized spacial score (nSPS) is 16.5. The van der Waals surface area contributed by atoms with Gasteiger partial charge < -0.3 is 15.4 Å². The molecule has 5 nitrogen and oxygen atoms in total. The summed E-state index contributed by atoms with van der Waals surface area (Å²) in [6, 6.07) is 2.13. The molecule has 0 saturated carbocycles. The maximum atomic E-state index is 11.8. The molecule has 2 heterocycles. The summed E-state index contributed by atoms with van der Waals surface area (Å²) in [5, 5.41) is 15.6. The standard InChI is InChI=1S/C13H17N3O2S/c1-8-9(2)19-12(10(8)4-14)16-11(17)5-18-13(3)6-15-7-13/h15H,5-7H2,1-3H3,(H,16,17). The van der Waals surface area contributed by atoms with Crippen LogP contribution in [-0.2, 0) is 9.53 Å². The van der Waals surface area contributed by atoms with Gasteiger partial charge in [0.25, 0.3) is 5.91 Å². The van der Waals surface area contributed by atoms with Gasteiger partial charge in [-0.2, -0.15) is 5.26 Å². The molecule has 1 aromatic heterocycles. The number of ether oxygens (including phenoxy) is 1. The maximum Gasteiger partial charge on any atom is 0.251 e. The number of nitriles is 1. The largest absolute Gasteiger partial charge is 0.363 e. The molecule has 6 heteroatoms. The van der Waals surface area contributed by atoms with Crippen LogP contribution in [0, 0.1) is 25.2 Å². The molecule has 1 aliphatic rings. The number of aryl methyl sites for hydroxylation is 1. The summed E-state index contributed by atoms with van der Waals surface area (Å²) >= 11 is 1.42. The van der Waals surface area contributed by atoms with Gasteiger partial charge in [0.2, 0.25) is 0 Å². The van der Waals surface area contributed by atoms with Crippen LogP contribution in [0.25, 0.3) is 0 Å². The van der Waals surface area contributed by atoms with Crippen molar-refractivity contribution in [3.63, 3.8) is 0 Å². The van der Waals surface area contributed by atoms with Crippen LogP contribution in [0.15, 0.2) is 0 Å². The number of nitrogens with zero attached hydrogens (tertiary/aromatic N) is 1. The van der Waals surface area contributed by atoms with E-state index < -0.39 is 0 Å². The third-order valence-corrected chi connectivity index (χ3v) is 4.42. The van der Waals surface area contributed by atoms with Gasteiger partial charge in [-0.15, -0.1) is 11.3 Å². The van der Waals surface area contributed by atoms with Crippen LogP contribution in [0.1, 0.15) is 22.9 Å². The Balaban J connectivity index is 1.95. The molecule has 2 N–H and O–H groups in total. The number of hydrogen-bond acceptors (Lipinski definition) is 5. The first-order chi connectivity index (χ1) is 8.95. The molecule has 0 atom stereocenters. The summed E-state index contributed by atoms with van der Waals surface area (Å²) < 4.78 is 5.56. The summed E-state index contributed by atoms with van der Waals surface area (Å²) in [4.78, 5) is 12.9. The first kappa shape index (κ1) is 14.0. The van der Waals surface area contributed by atoms with E-state index in [0.717, 1.165) is 23.5 Å². The lowest BCUT2D eigenvalue weighted by atomic mass is 10.0. The summed E-state index contributed by atoms with van der Waals surface area (Å²) in [6.45, 7) is 7.34. The Hall–Kier alpha value is -1.42. The molecule has 0 bridgehead atoms. The first-order valence-electron chi connectivity index (χ1n) is 6.10. The lowest BCUT2D eigenvalue weighted by Gasteiger charge is -2.38. The number of carbonyl (C=O) groups is 1. The summed E-state index contributed by atoms with van der Waals surface area (Å²) in [6.07, 6.45) is 0. The predicted octanol–water partition coefficient (Wildman–Crippen LogP) is 1.55. The van der Waals surface area contributed by atoms with Gasteiger partial charge >= 0.3 is 0 Å². The minimum Gasteiger partial charge on any atom is -0.363 e. The van der Waals surface area contributed by atoms with Gasteiger partial charge in [-0.3, -0.25) is 4.79 Å². The smallest absolute Gasteiger partial charge is 0.251 e. The monoisotopic (exact) mass is 279 g/mol. The second-order valence-electron chi connectivity index (χ2n) is 4.99. The van der Waals surface area contributed by atoms with Gasteiger partial charge in [0, 0.05) is 18.0 Å². The molecule has 0 spiro atoms. The lowest BCUT2D eigenvalue weighted by Crippen LogP contribution is -2.59. The summed E-state index contributed by atoms with van der Waals surface area (Å²) in [5.74, 6) is -0.217. The fraction of sp³-hybridized carbons (Fsp3) is 0.538. The first-order valence-corrected chi connectivity index (χ1v) is 6.91. The molecule has 1 fully saturated rings. The Labute approximate surface area is 116 Å². The average Bonchev–Trinajstić information content (AvgIpc) is 2.59. The van der Waals surface area contributed by atoms with Crippen LogP contribution < -0.4 is 10.6 Å². The number of rotatable bonds is 4. The zero-order chi connectivity index (χ0) is 14.0. The van der Waals surface area contributed by atoms with E-state index in [1.165, 1.54) is 11.3 Å². The molecule has 2 rings (SSSR count). The molecule has 0 radical (unpaired) electrons. The van der Waals surface area contributed by atoms with Crippen LogP contribution in [0.2, 0.25) is 0 Å². The number of hydrogen-bond donors (Lipinski definition) is 2. The van der Waals surface area contributed by atoms with Crippen LogP contribution in [0.4, 0.5) is 5.00 Å². The zero-order valence-electron chi connectivity index (χ0n) is 11.3. The molecule has 1 amide bonds. The predicted molar refractivity (Wildman–Crippen MR) is 74.4 cm³/mol. The molecule has 0 aliphatic carbocycles. The summed E-state index contributed by atoms with van der Waals surface area (Å²) in [7, 11) is 0. The highest BCUT2D eigenvalue weighted by atomic mass is 32.1. The Morgan fingerprint density at radius 1 is 1.58 bits per heavy atom. The van der Waals surface area contributed by atoms with Crippen LogP contribution >= 0.6 is 11.3 Å². The van der Waals surface area contributed by atoms with Crippen molar-refractivity contribution in [1.82, 2.24) is 5.32 Å². The summed E-state index contributed by atoms with van der Waals surface area (Å²) in [5.41, 5.74) is 1.24. The number of thiophene rings is 1. The van der Waals surface area contributed by atoms with E-state index in [1.54, 1.807) is 0 Å². The Morgan fingerprint density at radius 3 is 2.79 bits per heavy atom. The number of carbonyl (C=O) groups excluding carboxylic acids is 1. The van der Waals surface area contributed by atoms with Gasteiger partial charge in [-0.25, -0.2) is 0 Å². The fourth-order valence-corrected chi connectivity index (χ4v) is 2.86. The zero-order valence-corrected chi connectivity index (χ0v) is 12.1. The van der Waals surface area contributed by atoms with E-state index in [0.29, 0.717) is 10.6 Å². The van der Waals surface area contributed by atoms with Gasteiger partial charge in [-0.1, -0.05) is 0 Å². The van der Waals surface area contributed by atoms with Crippen molar-refractivity contribution >= 4 is 22.2 Å². The number of anilines is 1. The van der Waals surface area contributed by atoms with Crippen molar-refractivity contribution in [2.24, 2.45) is 0 Å². The second-order valence-corrected chi connectivity index (χ2v) is 6.21. The highest BCUT2D eigenvalue weighted by Gasteiger charge is 2.33. The Kier molecular flexibility index (Phi) is 3.90. The molecular formula is C13H17N3O2S. The van der Waals surface area contributed by atoms with Crippen molar-refractivity contribution in [1.29, 1.82) is 5.26 Å². The van der Waals surface area contributed by atoms with Crippen LogP contribution in [0.5, 0.6) is 0 Å². The van der Waals surface area contributed by atoms with Crippen molar-refractivity contribution in [3.05, 3.63) is 16.0 Å². The molecular weight excluding hydrogens is 262 g/mol. The third kappa shape index (κ3) is 2.95. The van der Waals surface area contributed by atoms with Crippen LogP contribution in [0.3, 0.4) is 0 Å². The molecule has 0 aromatic carbocycles. The van der Waals surface area contributed by atoms with Gasteiger partial charge in [0.05, 0.1) is 11.2 Å². The lowest BCUT2D eigenvalue weighted by molar-refractivity contribution is -0.130. The van der Waals surface area contributed by atoms with Gasteiger partial charge in [0.15, 0.2) is 0 Å². The van der Waals surface area contributed by atoms with E-state index in [-0.39, 0.29) is 18.1 Å². The van der Waals surface area contributed by atoms with Crippen molar-refractivity contribution in [3.8, 4) is 6.07 Å². The Morgan fingerprint density at radius 2 is 2.26 bits per heavy atom. The number of amides is 1. The van der Waals surface area contributed by atoms with Crippen LogP contribution in [-0.4, -0.2) is 31.2 Å². The minimum absolute atomic E-state index is 0.0129. The van der Waals surface area contributed by atoms with E-state index >= 15 is 0 Å². The van der Waals surface area contributed by atoms with E-state index in [9.17, 15) is 4.79 Å². The highest BCUT2D eigenvalue weighted by molar-refractivity contribution is 7.16. The molecule has 1 saturated heterocycles. The molecule has 1 aromatic rings. The van der Waals surface area contributed by atoms with Crippen molar-refractivity contribution < 1.29 is 9.53 Å². The van der Waals surface area contributed by atoms with E-state index in [2.05, 4.69) is 16.7 Å². The van der Waals surface area contributed by atoms with Crippen molar-refractivity contribution in [2.45, 2.75) is 26.4 Å². The molecule has 102 valence electrons. The number of nitrogens with one attached hydrogen (secondary N) is 2. The SMILES string of the molecule is Cc1sc(NC(=O)COC2(C)CNC2)c(C#N)c1C. The van der Waals surface area contributed by atoms with Gasteiger partial charge in [0.1, 0.15) is 17.7 Å². The maximum absolute atomic E-state index is 11.8. The molecule has 19 heavy (non-hydrogen) atoms. The fourth-order valence-electron chi connectivity index (χ4n) is 1.83. The van der Waals surface area contributed by atoms with Gasteiger partial charge in [-0.05, 0) is 26.3 Å². The molecule has 1 aliphatic heterocycles. The quantitative estimate of drug-likeness (QED) is 0.877. The average molecular weight is 279 g/mol. The molecule has 0 unspecified atom stereocenters.